The Morgan fingerprint density at radius 1 is 1.57 bits per heavy atom. The van der Waals surface area contributed by atoms with Gasteiger partial charge in [-0.3, -0.25) is 4.79 Å². The Balaban J connectivity index is 2.15. The second-order valence-corrected chi connectivity index (χ2v) is 4.55. The Kier molecular flexibility index (Phi) is 3.03. The topological polar surface area (TPSA) is 34.0 Å². The lowest BCUT2D eigenvalue weighted by Gasteiger charge is -2.12. The maximum absolute atomic E-state index is 11.5. The molecule has 0 radical (unpaired) electrons. The molecule has 0 bridgehead atoms. The first-order chi connectivity index (χ1) is 6.75. The molecule has 0 spiro atoms. The summed E-state index contributed by atoms with van der Waals surface area (Å²) in [7, 11) is 0. The van der Waals surface area contributed by atoms with E-state index >= 15 is 0 Å². The normalized spacial score (nSPS) is 21.4. The minimum atomic E-state index is 0.0712. The molecule has 14 heavy (non-hydrogen) atoms. The molecular weight excluding hydrogens is 244 g/mol. The zero-order valence-corrected chi connectivity index (χ0v) is 9.46. The summed E-state index contributed by atoms with van der Waals surface area (Å²) in [5.74, 6) is 0. The van der Waals surface area contributed by atoms with Gasteiger partial charge in [0.1, 0.15) is 0 Å². The van der Waals surface area contributed by atoms with Gasteiger partial charge >= 0.3 is 0 Å². The fourth-order valence-electron chi connectivity index (χ4n) is 1.79. The van der Waals surface area contributed by atoms with Gasteiger partial charge in [0.05, 0.1) is 0 Å². The van der Waals surface area contributed by atoms with Crippen molar-refractivity contribution in [2.45, 2.75) is 25.4 Å². The van der Waals surface area contributed by atoms with Crippen molar-refractivity contribution in [3.8, 4) is 0 Å². The van der Waals surface area contributed by atoms with Crippen LogP contribution < -0.4 is 10.9 Å². The van der Waals surface area contributed by atoms with E-state index < -0.39 is 0 Å². The molecule has 1 saturated heterocycles. The SMILES string of the molecule is O=c1ccc(Br)cn1C[C@H]1CCCN1. The monoisotopic (exact) mass is 256 g/mol. The predicted molar refractivity (Wildman–Crippen MR) is 59.4 cm³/mol. The Morgan fingerprint density at radius 2 is 2.43 bits per heavy atom. The molecule has 1 aromatic rings. The van der Waals surface area contributed by atoms with Crippen molar-refractivity contribution in [1.29, 1.82) is 0 Å². The molecule has 0 aliphatic carbocycles. The van der Waals surface area contributed by atoms with Gasteiger partial charge in [-0.2, -0.15) is 0 Å². The van der Waals surface area contributed by atoms with Gasteiger partial charge in [0.2, 0.25) is 0 Å². The molecule has 1 aliphatic heterocycles. The number of nitrogens with zero attached hydrogens (tertiary/aromatic N) is 1. The van der Waals surface area contributed by atoms with Crippen LogP contribution in [0.1, 0.15) is 12.8 Å². The zero-order chi connectivity index (χ0) is 9.97. The number of halogens is 1. The lowest BCUT2D eigenvalue weighted by molar-refractivity contribution is 0.499. The first-order valence-electron chi connectivity index (χ1n) is 4.85. The minimum Gasteiger partial charge on any atom is -0.313 e. The Labute approximate surface area is 91.3 Å². The molecule has 1 aliphatic rings. The summed E-state index contributed by atoms with van der Waals surface area (Å²) < 4.78 is 2.71. The molecule has 3 nitrogen and oxygen atoms in total. The smallest absolute Gasteiger partial charge is 0.250 e. The quantitative estimate of drug-likeness (QED) is 0.868. The van der Waals surface area contributed by atoms with E-state index in [1.807, 2.05) is 6.20 Å². The van der Waals surface area contributed by atoms with Crippen molar-refractivity contribution in [1.82, 2.24) is 9.88 Å². The van der Waals surface area contributed by atoms with Gasteiger partial charge in [-0.05, 0) is 41.4 Å². The number of hydrogen-bond acceptors (Lipinski definition) is 2. The van der Waals surface area contributed by atoms with Crippen molar-refractivity contribution in [2.24, 2.45) is 0 Å². The lowest BCUT2D eigenvalue weighted by atomic mass is 10.2. The fourth-order valence-corrected chi connectivity index (χ4v) is 2.17. The maximum atomic E-state index is 11.5. The first kappa shape index (κ1) is 9.93. The van der Waals surface area contributed by atoms with Crippen LogP contribution in [0, 0.1) is 0 Å². The Hall–Kier alpha value is -0.610. The van der Waals surface area contributed by atoms with Crippen LogP contribution in [0.15, 0.2) is 27.6 Å². The van der Waals surface area contributed by atoms with E-state index in [1.54, 1.807) is 16.7 Å². The molecule has 0 saturated carbocycles. The molecule has 1 N–H and O–H groups in total. The molecule has 2 heterocycles. The van der Waals surface area contributed by atoms with Gasteiger partial charge in [-0.1, -0.05) is 0 Å². The Morgan fingerprint density at radius 3 is 3.14 bits per heavy atom. The van der Waals surface area contributed by atoms with Crippen molar-refractivity contribution < 1.29 is 0 Å². The molecule has 1 atom stereocenters. The highest BCUT2D eigenvalue weighted by Crippen LogP contribution is 2.09. The molecule has 2 rings (SSSR count). The summed E-state index contributed by atoms with van der Waals surface area (Å²) in [6, 6.07) is 3.84. The maximum Gasteiger partial charge on any atom is 0.250 e. The van der Waals surface area contributed by atoms with E-state index in [1.165, 1.54) is 12.8 Å². The first-order valence-corrected chi connectivity index (χ1v) is 5.64. The van der Waals surface area contributed by atoms with Crippen molar-refractivity contribution in [3.63, 3.8) is 0 Å². The molecular formula is C10H13BrN2O. The van der Waals surface area contributed by atoms with Crippen LogP contribution in [0.25, 0.3) is 0 Å². The average Bonchev–Trinajstić information content (AvgIpc) is 2.64. The summed E-state index contributed by atoms with van der Waals surface area (Å²) in [6.45, 7) is 1.85. The molecule has 76 valence electrons. The number of hydrogen-bond donors (Lipinski definition) is 1. The standard InChI is InChI=1S/C10H13BrN2O/c11-8-3-4-10(14)13(6-8)7-9-2-1-5-12-9/h3-4,6,9,12H,1-2,5,7H2/t9-/m1/s1. The Bertz CT molecular complexity index is 369. The average molecular weight is 257 g/mol. The molecule has 1 aromatic heterocycles. The van der Waals surface area contributed by atoms with E-state index in [2.05, 4.69) is 21.2 Å². The van der Waals surface area contributed by atoms with Crippen LogP contribution in [-0.4, -0.2) is 17.2 Å². The molecule has 0 unspecified atom stereocenters. The summed E-state index contributed by atoms with van der Waals surface area (Å²) in [6.07, 6.45) is 4.23. The number of rotatable bonds is 2. The van der Waals surface area contributed by atoms with Crippen molar-refractivity contribution >= 4 is 15.9 Å². The summed E-state index contributed by atoms with van der Waals surface area (Å²) >= 11 is 3.37. The molecule has 1 fully saturated rings. The molecule has 0 amide bonds. The van der Waals surface area contributed by atoms with Gasteiger partial charge in [0.25, 0.3) is 5.56 Å². The number of nitrogens with one attached hydrogen (secondary N) is 1. The van der Waals surface area contributed by atoms with Crippen LogP contribution in [0.2, 0.25) is 0 Å². The second-order valence-electron chi connectivity index (χ2n) is 3.63. The van der Waals surface area contributed by atoms with Gasteiger partial charge in [0, 0.05) is 29.3 Å². The van der Waals surface area contributed by atoms with E-state index in [9.17, 15) is 4.79 Å². The van der Waals surface area contributed by atoms with Crippen LogP contribution in [0.4, 0.5) is 0 Å². The van der Waals surface area contributed by atoms with Gasteiger partial charge < -0.3 is 9.88 Å². The summed E-state index contributed by atoms with van der Waals surface area (Å²) in [5.41, 5.74) is 0.0712. The molecule has 0 aromatic carbocycles. The van der Waals surface area contributed by atoms with Gasteiger partial charge in [0.15, 0.2) is 0 Å². The lowest BCUT2D eigenvalue weighted by Crippen LogP contribution is -2.31. The van der Waals surface area contributed by atoms with Gasteiger partial charge in [-0.25, -0.2) is 0 Å². The van der Waals surface area contributed by atoms with E-state index in [4.69, 9.17) is 0 Å². The third-order valence-electron chi connectivity index (χ3n) is 2.53. The minimum absolute atomic E-state index is 0.0712. The number of aromatic nitrogens is 1. The predicted octanol–water partition coefficient (Wildman–Crippen LogP) is 1.36. The van der Waals surface area contributed by atoms with E-state index in [0.29, 0.717) is 6.04 Å². The highest BCUT2D eigenvalue weighted by Gasteiger charge is 2.14. The third kappa shape index (κ3) is 2.25. The molecule has 4 heteroatoms. The second kappa shape index (κ2) is 4.28. The van der Waals surface area contributed by atoms with E-state index in [0.717, 1.165) is 17.6 Å². The highest BCUT2D eigenvalue weighted by molar-refractivity contribution is 9.10. The van der Waals surface area contributed by atoms with Gasteiger partial charge in [-0.15, -0.1) is 0 Å². The zero-order valence-electron chi connectivity index (χ0n) is 7.87. The van der Waals surface area contributed by atoms with Crippen LogP contribution in [0.5, 0.6) is 0 Å². The van der Waals surface area contributed by atoms with Crippen molar-refractivity contribution in [2.75, 3.05) is 6.54 Å². The summed E-state index contributed by atoms with van der Waals surface area (Å²) in [5, 5.41) is 3.38. The number of pyridine rings is 1. The summed E-state index contributed by atoms with van der Waals surface area (Å²) in [4.78, 5) is 11.5. The largest absolute Gasteiger partial charge is 0.313 e. The van der Waals surface area contributed by atoms with E-state index in [-0.39, 0.29) is 5.56 Å². The fraction of sp³-hybridized carbons (Fsp3) is 0.500. The third-order valence-corrected chi connectivity index (χ3v) is 3.00. The van der Waals surface area contributed by atoms with Crippen LogP contribution >= 0.6 is 15.9 Å². The highest BCUT2D eigenvalue weighted by atomic mass is 79.9. The van der Waals surface area contributed by atoms with Crippen LogP contribution in [0.3, 0.4) is 0 Å². The van der Waals surface area contributed by atoms with Crippen LogP contribution in [-0.2, 0) is 6.54 Å². The van der Waals surface area contributed by atoms with Crippen molar-refractivity contribution in [3.05, 3.63) is 33.2 Å².